The zero-order valence-corrected chi connectivity index (χ0v) is 15.4. The minimum atomic E-state index is -0.135. The lowest BCUT2D eigenvalue weighted by Gasteiger charge is -2.09. The lowest BCUT2D eigenvalue weighted by Crippen LogP contribution is -2.15. The minimum Gasteiger partial charge on any atom is -0.325 e. The molecule has 0 atom stereocenters. The number of rotatable bonds is 4. The summed E-state index contributed by atoms with van der Waals surface area (Å²) in [6.07, 6.45) is 4.22. The number of amides is 1. The molecule has 1 heterocycles. The van der Waals surface area contributed by atoms with Crippen molar-refractivity contribution in [1.82, 2.24) is 4.57 Å². The summed E-state index contributed by atoms with van der Waals surface area (Å²) in [5, 5.41) is 12.0. The summed E-state index contributed by atoms with van der Waals surface area (Å²) in [7, 11) is 0. The van der Waals surface area contributed by atoms with Crippen LogP contribution in [0.5, 0.6) is 0 Å². The van der Waals surface area contributed by atoms with Gasteiger partial charge in [-0.15, -0.1) is 0 Å². The van der Waals surface area contributed by atoms with Crippen molar-refractivity contribution >= 4 is 11.6 Å². The summed E-state index contributed by atoms with van der Waals surface area (Å²) in [5.41, 5.74) is 4.00. The Kier molecular flexibility index (Phi) is 6.75. The summed E-state index contributed by atoms with van der Waals surface area (Å²) < 4.78 is 2.01. The van der Waals surface area contributed by atoms with Gasteiger partial charge in [0.1, 0.15) is 6.07 Å². The average molecular weight is 345 g/mol. The van der Waals surface area contributed by atoms with E-state index in [1.807, 2.05) is 80.2 Å². The molecular formula is C22H23N3O. The average Bonchev–Trinajstić information content (AvgIpc) is 3.20. The Bertz CT molecular complexity index is 888. The van der Waals surface area contributed by atoms with E-state index in [0.717, 1.165) is 16.8 Å². The van der Waals surface area contributed by atoms with Gasteiger partial charge in [0.15, 0.2) is 0 Å². The fraction of sp³-hybridized carbons (Fsp3) is 0.182. The van der Waals surface area contributed by atoms with Gasteiger partial charge in [0.2, 0.25) is 5.91 Å². The Hall–Kier alpha value is -3.32. The van der Waals surface area contributed by atoms with Crippen molar-refractivity contribution in [2.75, 3.05) is 5.32 Å². The second-order valence-corrected chi connectivity index (χ2v) is 5.64. The summed E-state index contributed by atoms with van der Waals surface area (Å²) in [6, 6.07) is 19.3. The molecule has 0 spiro atoms. The first-order valence-electron chi connectivity index (χ1n) is 8.68. The number of benzene rings is 2. The van der Waals surface area contributed by atoms with Crippen LogP contribution >= 0.6 is 0 Å². The van der Waals surface area contributed by atoms with Gasteiger partial charge in [0.05, 0.1) is 17.7 Å². The van der Waals surface area contributed by atoms with E-state index >= 15 is 0 Å². The third kappa shape index (κ3) is 4.84. The fourth-order valence-electron chi connectivity index (χ4n) is 2.53. The minimum absolute atomic E-state index is 0.135. The molecule has 0 aliphatic heterocycles. The van der Waals surface area contributed by atoms with E-state index in [1.54, 1.807) is 12.1 Å². The standard InChI is InChI=1S/C20H17N3O.C2H6/c1-15-4-9-19(17(12-15)14-21)22-20(24)13-16-5-7-18(8-6-16)23-10-2-3-11-23;1-2/h2-12H,13H2,1H3,(H,22,24);1-2H3. The molecule has 0 saturated carbocycles. The molecule has 132 valence electrons. The van der Waals surface area contributed by atoms with Gasteiger partial charge in [0.25, 0.3) is 0 Å². The zero-order valence-electron chi connectivity index (χ0n) is 15.4. The Morgan fingerprint density at radius 3 is 2.35 bits per heavy atom. The van der Waals surface area contributed by atoms with Gasteiger partial charge in [0, 0.05) is 18.1 Å². The number of hydrogen-bond donors (Lipinski definition) is 1. The van der Waals surface area contributed by atoms with E-state index in [4.69, 9.17) is 5.26 Å². The summed E-state index contributed by atoms with van der Waals surface area (Å²) >= 11 is 0. The number of anilines is 1. The number of nitriles is 1. The molecule has 0 saturated heterocycles. The van der Waals surface area contributed by atoms with Crippen LogP contribution in [-0.4, -0.2) is 10.5 Å². The highest BCUT2D eigenvalue weighted by Crippen LogP contribution is 2.17. The van der Waals surface area contributed by atoms with Crippen LogP contribution in [0.15, 0.2) is 67.0 Å². The van der Waals surface area contributed by atoms with Gasteiger partial charge in [-0.25, -0.2) is 0 Å². The molecule has 1 N–H and O–H groups in total. The van der Waals surface area contributed by atoms with Crippen molar-refractivity contribution < 1.29 is 4.79 Å². The van der Waals surface area contributed by atoms with Crippen LogP contribution in [0.1, 0.15) is 30.5 Å². The van der Waals surface area contributed by atoms with Crippen molar-refractivity contribution in [2.24, 2.45) is 0 Å². The molecule has 4 nitrogen and oxygen atoms in total. The SMILES string of the molecule is CC.Cc1ccc(NC(=O)Cc2ccc(-n3cccc3)cc2)c(C#N)c1. The number of aryl methyl sites for hydroxylation is 1. The number of nitrogens with zero attached hydrogens (tertiary/aromatic N) is 2. The predicted octanol–water partition coefficient (Wildman–Crippen LogP) is 4.86. The Balaban J connectivity index is 0.00000117. The zero-order chi connectivity index (χ0) is 18.9. The van der Waals surface area contributed by atoms with Crippen LogP contribution < -0.4 is 5.32 Å². The maximum absolute atomic E-state index is 12.2. The first kappa shape index (κ1) is 19.0. The van der Waals surface area contributed by atoms with Crippen LogP contribution in [0.25, 0.3) is 5.69 Å². The number of nitrogens with one attached hydrogen (secondary N) is 1. The van der Waals surface area contributed by atoms with Crippen LogP contribution in [0.4, 0.5) is 5.69 Å². The summed E-state index contributed by atoms with van der Waals surface area (Å²) in [6.45, 7) is 5.92. The lowest BCUT2D eigenvalue weighted by molar-refractivity contribution is -0.115. The largest absolute Gasteiger partial charge is 0.325 e. The molecule has 0 aliphatic rings. The van der Waals surface area contributed by atoms with Gasteiger partial charge in [-0.2, -0.15) is 5.26 Å². The smallest absolute Gasteiger partial charge is 0.228 e. The van der Waals surface area contributed by atoms with Gasteiger partial charge in [-0.1, -0.05) is 32.0 Å². The van der Waals surface area contributed by atoms with Crippen LogP contribution in [0.3, 0.4) is 0 Å². The van der Waals surface area contributed by atoms with E-state index in [2.05, 4.69) is 11.4 Å². The Morgan fingerprint density at radius 1 is 1.08 bits per heavy atom. The quantitative estimate of drug-likeness (QED) is 0.734. The van der Waals surface area contributed by atoms with E-state index in [1.165, 1.54) is 0 Å². The number of aromatic nitrogens is 1. The maximum atomic E-state index is 12.2. The third-order valence-corrected chi connectivity index (χ3v) is 3.77. The monoisotopic (exact) mass is 345 g/mol. The number of carbonyl (C=O) groups excluding carboxylic acids is 1. The molecule has 0 unspecified atom stereocenters. The first-order valence-corrected chi connectivity index (χ1v) is 8.68. The van der Waals surface area contributed by atoms with Gasteiger partial charge < -0.3 is 9.88 Å². The van der Waals surface area contributed by atoms with Crippen molar-refractivity contribution in [2.45, 2.75) is 27.2 Å². The highest BCUT2D eigenvalue weighted by Gasteiger charge is 2.08. The number of carbonyl (C=O) groups is 1. The predicted molar refractivity (Wildman–Crippen MR) is 105 cm³/mol. The van der Waals surface area contributed by atoms with E-state index in [9.17, 15) is 4.79 Å². The van der Waals surface area contributed by atoms with E-state index in [-0.39, 0.29) is 12.3 Å². The molecule has 1 amide bonds. The molecule has 26 heavy (non-hydrogen) atoms. The maximum Gasteiger partial charge on any atom is 0.228 e. The molecule has 1 aromatic heterocycles. The van der Waals surface area contributed by atoms with Gasteiger partial charge in [-0.3, -0.25) is 4.79 Å². The topological polar surface area (TPSA) is 57.8 Å². The normalized spacial score (nSPS) is 9.62. The molecule has 0 fully saturated rings. The third-order valence-electron chi connectivity index (χ3n) is 3.77. The second kappa shape index (κ2) is 9.24. The van der Waals surface area contributed by atoms with Crippen LogP contribution in [0.2, 0.25) is 0 Å². The molecule has 2 aromatic carbocycles. The molecular weight excluding hydrogens is 322 g/mol. The Morgan fingerprint density at radius 2 is 1.73 bits per heavy atom. The van der Waals surface area contributed by atoms with Gasteiger partial charge in [-0.05, 0) is 54.4 Å². The van der Waals surface area contributed by atoms with Crippen molar-refractivity contribution in [3.05, 3.63) is 83.7 Å². The van der Waals surface area contributed by atoms with E-state index in [0.29, 0.717) is 11.3 Å². The van der Waals surface area contributed by atoms with Crippen LogP contribution in [-0.2, 0) is 11.2 Å². The van der Waals surface area contributed by atoms with E-state index < -0.39 is 0 Å². The van der Waals surface area contributed by atoms with Gasteiger partial charge >= 0.3 is 0 Å². The van der Waals surface area contributed by atoms with Crippen molar-refractivity contribution in [1.29, 1.82) is 5.26 Å². The fourth-order valence-corrected chi connectivity index (χ4v) is 2.53. The highest BCUT2D eigenvalue weighted by atomic mass is 16.1. The molecule has 4 heteroatoms. The van der Waals surface area contributed by atoms with Crippen molar-refractivity contribution in [3.63, 3.8) is 0 Å². The molecule has 3 rings (SSSR count). The van der Waals surface area contributed by atoms with Crippen LogP contribution in [0, 0.1) is 18.3 Å². The number of hydrogen-bond acceptors (Lipinski definition) is 2. The molecule has 0 aliphatic carbocycles. The second-order valence-electron chi connectivity index (χ2n) is 5.64. The molecule has 0 radical (unpaired) electrons. The highest BCUT2D eigenvalue weighted by molar-refractivity contribution is 5.93. The lowest BCUT2D eigenvalue weighted by atomic mass is 10.1. The summed E-state index contributed by atoms with van der Waals surface area (Å²) in [5.74, 6) is -0.135. The molecule has 3 aromatic rings. The summed E-state index contributed by atoms with van der Waals surface area (Å²) in [4.78, 5) is 12.2. The molecule has 0 bridgehead atoms. The first-order chi connectivity index (χ1) is 12.7. The van der Waals surface area contributed by atoms with Crippen molar-refractivity contribution in [3.8, 4) is 11.8 Å². The Labute approximate surface area is 154 Å².